The zero-order valence-corrected chi connectivity index (χ0v) is 12.6. The van der Waals surface area contributed by atoms with E-state index in [1.165, 1.54) is 17.2 Å². The Balaban J connectivity index is 2.17. The van der Waals surface area contributed by atoms with Crippen molar-refractivity contribution in [3.8, 4) is 5.75 Å². The second kappa shape index (κ2) is 5.52. The SMILES string of the molecule is Nn1cnnc1NN=Cc1cc(Br)cc(I)c1O. The molecule has 1 aromatic heterocycles. The fourth-order valence-electron chi connectivity index (χ4n) is 1.17. The summed E-state index contributed by atoms with van der Waals surface area (Å²) in [5.41, 5.74) is 3.19. The molecule has 0 aliphatic heterocycles. The number of phenols is 1. The Morgan fingerprint density at radius 2 is 2.33 bits per heavy atom. The first-order valence-corrected chi connectivity index (χ1v) is 6.57. The number of aromatic hydroxyl groups is 1. The van der Waals surface area contributed by atoms with E-state index in [0.29, 0.717) is 11.5 Å². The minimum atomic E-state index is 0.165. The Labute approximate surface area is 124 Å². The van der Waals surface area contributed by atoms with Gasteiger partial charge in [-0.2, -0.15) is 5.10 Å². The van der Waals surface area contributed by atoms with Gasteiger partial charge in [0.25, 0.3) is 5.95 Å². The number of halogens is 2. The van der Waals surface area contributed by atoms with Crippen molar-refractivity contribution in [3.63, 3.8) is 0 Å². The zero-order chi connectivity index (χ0) is 13.1. The highest BCUT2D eigenvalue weighted by molar-refractivity contribution is 14.1. The molecule has 1 heterocycles. The van der Waals surface area contributed by atoms with Gasteiger partial charge in [-0.3, -0.25) is 0 Å². The van der Waals surface area contributed by atoms with E-state index in [4.69, 9.17) is 5.84 Å². The summed E-state index contributed by atoms with van der Waals surface area (Å²) in [6, 6.07) is 3.55. The molecule has 1 aromatic carbocycles. The number of hydrogen-bond donors (Lipinski definition) is 3. The summed E-state index contributed by atoms with van der Waals surface area (Å²) in [7, 11) is 0. The number of hydrazone groups is 1. The Morgan fingerprint density at radius 3 is 3.00 bits per heavy atom. The van der Waals surface area contributed by atoms with Crippen molar-refractivity contribution >= 4 is 50.7 Å². The highest BCUT2D eigenvalue weighted by atomic mass is 127. The van der Waals surface area contributed by atoms with Crippen LogP contribution in [-0.2, 0) is 0 Å². The van der Waals surface area contributed by atoms with Crippen LogP contribution >= 0.6 is 38.5 Å². The standard InChI is InChI=1S/C9H8BrIN6O/c10-6-1-5(8(18)7(11)2-6)3-13-15-9-16-14-4-17(9)12/h1-4,18H,12H2,(H,15,16). The monoisotopic (exact) mass is 422 g/mol. The molecular formula is C9H8BrIN6O. The van der Waals surface area contributed by atoms with Gasteiger partial charge >= 0.3 is 0 Å². The van der Waals surface area contributed by atoms with Gasteiger partial charge in [0, 0.05) is 10.0 Å². The van der Waals surface area contributed by atoms with Crippen LogP contribution < -0.4 is 11.3 Å². The second-order valence-corrected chi connectivity index (χ2v) is 5.34. The largest absolute Gasteiger partial charge is 0.506 e. The first kappa shape index (κ1) is 13.1. The van der Waals surface area contributed by atoms with Crippen LogP contribution in [0.25, 0.3) is 0 Å². The van der Waals surface area contributed by atoms with E-state index in [9.17, 15) is 5.11 Å². The summed E-state index contributed by atoms with van der Waals surface area (Å²) in [6.07, 6.45) is 2.81. The number of hydrogen-bond acceptors (Lipinski definition) is 6. The maximum Gasteiger partial charge on any atom is 0.263 e. The molecule has 0 saturated carbocycles. The molecule has 2 aromatic rings. The lowest BCUT2D eigenvalue weighted by molar-refractivity contribution is 0.470. The normalized spacial score (nSPS) is 11.0. The molecule has 0 aliphatic rings. The van der Waals surface area contributed by atoms with Gasteiger partial charge in [-0.15, -0.1) is 10.2 Å². The van der Waals surface area contributed by atoms with Gasteiger partial charge in [0.2, 0.25) is 0 Å². The van der Waals surface area contributed by atoms with Gasteiger partial charge in [0.15, 0.2) is 0 Å². The van der Waals surface area contributed by atoms with Gasteiger partial charge in [0.1, 0.15) is 12.1 Å². The molecule has 18 heavy (non-hydrogen) atoms. The molecule has 0 unspecified atom stereocenters. The summed E-state index contributed by atoms with van der Waals surface area (Å²) in [5.74, 6) is 5.96. The lowest BCUT2D eigenvalue weighted by Gasteiger charge is -2.03. The third kappa shape index (κ3) is 2.90. The molecule has 9 heteroatoms. The van der Waals surface area contributed by atoms with E-state index in [0.717, 1.165) is 8.04 Å². The molecular weight excluding hydrogens is 415 g/mol. The Hall–Kier alpha value is -1.36. The zero-order valence-electron chi connectivity index (χ0n) is 8.88. The molecule has 0 saturated heterocycles. The molecule has 0 atom stereocenters. The van der Waals surface area contributed by atoms with E-state index in [1.54, 1.807) is 12.1 Å². The lowest BCUT2D eigenvalue weighted by Crippen LogP contribution is -2.10. The minimum absolute atomic E-state index is 0.165. The number of anilines is 1. The molecule has 0 bridgehead atoms. The minimum Gasteiger partial charge on any atom is -0.506 e. The predicted octanol–water partition coefficient (Wildman–Crippen LogP) is 1.51. The number of benzene rings is 1. The fraction of sp³-hybridized carbons (Fsp3) is 0. The predicted molar refractivity (Wildman–Crippen MR) is 79.9 cm³/mol. The maximum absolute atomic E-state index is 9.83. The van der Waals surface area contributed by atoms with E-state index in [-0.39, 0.29) is 5.75 Å². The third-order valence-corrected chi connectivity index (χ3v) is 3.28. The average Bonchev–Trinajstić information content (AvgIpc) is 2.71. The van der Waals surface area contributed by atoms with Crippen LogP contribution in [0.15, 0.2) is 28.0 Å². The molecule has 7 nitrogen and oxygen atoms in total. The molecule has 2 rings (SSSR count). The highest BCUT2D eigenvalue weighted by Gasteiger charge is 2.05. The number of phenolic OH excluding ortho intramolecular Hbond substituents is 1. The third-order valence-electron chi connectivity index (χ3n) is 2.00. The van der Waals surface area contributed by atoms with Gasteiger partial charge in [-0.05, 0) is 34.7 Å². The Kier molecular flexibility index (Phi) is 4.01. The molecule has 0 aliphatic carbocycles. The fourth-order valence-corrected chi connectivity index (χ4v) is 2.72. The molecule has 0 radical (unpaired) electrons. The number of nitrogens with zero attached hydrogens (tertiary/aromatic N) is 4. The smallest absolute Gasteiger partial charge is 0.263 e. The summed E-state index contributed by atoms with van der Waals surface area (Å²) < 4.78 is 2.78. The maximum atomic E-state index is 9.83. The number of nitrogens with two attached hydrogens (primary N) is 1. The Morgan fingerprint density at radius 1 is 1.56 bits per heavy atom. The van der Waals surface area contributed by atoms with Crippen molar-refractivity contribution in [1.82, 2.24) is 14.9 Å². The molecule has 0 amide bonds. The van der Waals surface area contributed by atoms with Crippen LogP contribution in [0.2, 0.25) is 0 Å². The number of rotatable bonds is 3. The topological polar surface area (TPSA) is 101 Å². The van der Waals surface area contributed by atoms with Crippen molar-refractivity contribution in [1.29, 1.82) is 0 Å². The van der Waals surface area contributed by atoms with Crippen molar-refractivity contribution < 1.29 is 5.11 Å². The lowest BCUT2D eigenvalue weighted by atomic mass is 10.2. The first-order chi connectivity index (χ1) is 8.58. The summed E-state index contributed by atoms with van der Waals surface area (Å²) in [5, 5.41) is 21.0. The van der Waals surface area contributed by atoms with Crippen molar-refractivity contribution in [2.75, 3.05) is 11.3 Å². The van der Waals surface area contributed by atoms with E-state index >= 15 is 0 Å². The molecule has 4 N–H and O–H groups in total. The van der Waals surface area contributed by atoms with Gasteiger partial charge in [-0.1, -0.05) is 15.9 Å². The van der Waals surface area contributed by atoms with E-state index < -0.39 is 0 Å². The van der Waals surface area contributed by atoms with Crippen molar-refractivity contribution in [3.05, 3.63) is 32.1 Å². The van der Waals surface area contributed by atoms with Crippen LogP contribution in [0.3, 0.4) is 0 Å². The van der Waals surface area contributed by atoms with Crippen molar-refractivity contribution in [2.45, 2.75) is 0 Å². The van der Waals surface area contributed by atoms with Crippen molar-refractivity contribution in [2.24, 2.45) is 5.10 Å². The summed E-state index contributed by atoms with van der Waals surface area (Å²) >= 11 is 5.38. The summed E-state index contributed by atoms with van der Waals surface area (Å²) in [4.78, 5) is 0. The van der Waals surface area contributed by atoms with Gasteiger partial charge < -0.3 is 10.9 Å². The van der Waals surface area contributed by atoms with E-state index in [2.05, 4.69) is 36.7 Å². The molecule has 94 valence electrons. The quantitative estimate of drug-likeness (QED) is 0.301. The summed E-state index contributed by atoms with van der Waals surface area (Å²) in [6.45, 7) is 0. The van der Waals surface area contributed by atoms with Crippen LogP contribution in [0.1, 0.15) is 5.56 Å². The average molecular weight is 423 g/mol. The number of aromatic nitrogens is 3. The molecule has 0 spiro atoms. The van der Waals surface area contributed by atoms with E-state index in [1.807, 2.05) is 22.6 Å². The first-order valence-electron chi connectivity index (χ1n) is 4.70. The van der Waals surface area contributed by atoms with Gasteiger partial charge in [-0.25, -0.2) is 10.1 Å². The highest BCUT2D eigenvalue weighted by Crippen LogP contribution is 2.27. The number of nitrogen functional groups attached to an aromatic ring is 1. The van der Waals surface area contributed by atoms with Crippen LogP contribution in [0.5, 0.6) is 5.75 Å². The second-order valence-electron chi connectivity index (χ2n) is 3.26. The van der Waals surface area contributed by atoms with Crippen LogP contribution in [-0.4, -0.2) is 26.2 Å². The molecule has 0 fully saturated rings. The number of nitrogens with one attached hydrogen (secondary N) is 1. The Bertz CT molecular complexity index is 599. The van der Waals surface area contributed by atoms with Crippen LogP contribution in [0.4, 0.5) is 5.95 Å². The van der Waals surface area contributed by atoms with Crippen LogP contribution in [0, 0.1) is 3.57 Å². The van der Waals surface area contributed by atoms with Gasteiger partial charge in [0.05, 0.1) is 9.78 Å².